The Bertz CT molecular complexity index is 771. The van der Waals surface area contributed by atoms with E-state index < -0.39 is 11.6 Å². The Morgan fingerprint density at radius 1 is 1.00 bits per heavy atom. The summed E-state index contributed by atoms with van der Waals surface area (Å²) in [6, 6.07) is 15.9. The zero-order valence-electron chi connectivity index (χ0n) is 12.9. The van der Waals surface area contributed by atoms with Crippen LogP contribution in [0.3, 0.4) is 0 Å². The molecule has 0 saturated heterocycles. The van der Waals surface area contributed by atoms with E-state index in [1.165, 1.54) is 0 Å². The van der Waals surface area contributed by atoms with Crippen LogP contribution in [0.4, 0.5) is 0 Å². The number of esters is 1. The van der Waals surface area contributed by atoms with Gasteiger partial charge < -0.3 is 9.84 Å². The quantitative estimate of drug-likeness (QED) is 0.841. The van der Waals surface area contributed by atoms with Crippen LogP contribution >= 0.6 is 0 Å². The molecule has 0 aliphatic carbocycles. The fourth-order valence-corrected chi connectivity index (χ4v) is 2.72. The number of aliphatic hydroxyl groups excluding tert-OH is 1. The van der Waals surface area contributed by atoms with Gasteiger partial charge in [0.05, 0.1) is 0 Å². The third kappa shape index (κ3) is 2.29. The standard InChI is InChI=1S/C19H18O3/c1-12-11-14(13-7-5-4-6-8-13)9-10-15(12)16-17(20)19(2,3)22-18(16)21/h4-11,20H,1-3H3. The first-order valence-corrected chi connectivity index (χ1v) is 7.23. The molecule has 3 heteroatoms. The summed E-state index contributed by atoms with van der Waals surface area (Å²) in [4.78, 5) is 12.1. The van der Waals surface area contributed by atoms with Gasteiger partial charge in [-0.15, -0.1) is 0 Å². The lowest BCUT2D eigenvalue weighted by molar-refractivity contribution is -0.143. The van der Waals surface area contributed by atoms with Gasteiger partial charge >= 0.3 is 5.97 Å². The van der Waals surface area contributed by atoms with Crippen molar-refractivity contribution in [2.75, 3.05) is 0 Å². The summed E-state index contributed by atoms with van der Waals surface area (Å²) in [5, 5.41) is 10.3. The van der Waals surface area contributed by atoms with Crippen molar-refractivity contribution in [3.8, 4) is 11.1 Å². The van der Waals surface area contributed by atoms with Crippen LogP contribution in [-0.2, 0) is 9.53 Å². The Morgan fingerprint density at radius 3 is 2.23 bits per heavy atom. The average molecular weight is 294 g/mol. The van der Waals surface area contributed by atoms with Crippen LogP contribution in [-0.4, -0.2) is 16.7 Å². The molecule has 0 spiro atoms. The van der Waals surface area contributed by atoms with Gasteiger partial charge in [-0.25, -0.2) is 4.79 Å². The van der Waals surface area contributed by atoms with E-state index in [9.17, 15) is 9.90 Å². The number of hydrogen-bond donors (Lipinski definition) is 1. The van der Waals surface area contributed by atoms with Crippen LogP contribution in [0.5, 0.6) is 0 Å². The minimum atomic E-state index is -0.961. The summed E-state index contributed by atoms with van der Waals surface area (Å²) in [5.74, 6) is -0.480. The van der Waals surface area contributed by atoms with E-state index in [1.807, 2.05) is 55.5 Å². The monoisotopic (exact) mass is 294 g/mol. The number of hydrogen-bond acceptors (Lipinski definition) is 3. The number of ether oxygens (including phenoxy) is 1. The molecule has 0 saturated carbocycles. The summed E-state index contributed by atoms with van der Waals surface area (Å²) in [5.41, 5.74) is 3.14. The first-order valence-electron chi connectivity index (χ1n) is 7.23. The highest BCUT2D eigenvalue weighted by Crippen LogP contribution is 2.37. The molecular formula is C19H18O3. The summed E-state index contributed by atoms with van der Waals surface area (Å²) >= 11 is 0. The van der Waals surface area contributed by atoms with Crippen LogP contribution in [0, 0.1) is 6.92 Å². The lowest BCUT2D eigenvalue weighted by Crippen LogP contribution is -2.22. The first-order chi connectivity index (χ1) is 10.4. The zero-order chi connectivity index (χ0) is 15.9. The molecular weight excluding hydrogens is 276 g/mol. The summed E-state index contributed by atoms with van der Waals surface area (Å²) in [6.07, 6.45) is 0. The maximum Gasteiger partial charge on any atom is 0.343 e. The smallest absolute Gasteiger partial charge is 0.343 e. The second-order valence-corrected chi connectivity index (χ2v) is 6.02. The molecule has 112 valence electrons. The molecule has 22 heavy (non-hydrogen) atoms. The molecule has 2 aromatic carbocycles. The SMILES string of the molecule is Cc1cc(-c2ccccc2)ccc1C1=C(O)C(C)(C)OC1=O. The van der Waals surface area contributed by atoms with Gasteiger partial charge in [0.25, 0.3) is 0 Å². The lowest BCUT2D eigenvalue weighted by Gasteiger charge is -2.16. The number of aliphatic hydroxyl groups is 1. The topological polar surface area (TPSA) is 46.5 Å². The minimum absolute atomic E-state index is 0.00642. The van der Waals surface area contributed by atoms with Gasteiger partial charge in [0, 0.05) is 0 Å². The van der Waals surface area contributed by atoms with E-state index in [0.717, 1.165) is 16.7 Å². The summed E-state index contributed by atoms with van der Waals surface area (Å²) in [7, 11) is 0. The van der Waals surface area contributed by atoms with E-state index >= 15 is 0 Å². The van der Waals surface area contributed by atoms with Gasteiger partial charge in [-0.3, -0.25) is 0 Å². The lowest BCUT2D eigenvalue weighted by atomic mass is 9.93. The normalized spacial score (nSPS) is 16.8. The van der Waals surface area contributed by atoms with Gasteiger partial charge in [-0.05, 0) is 43.0 Å². The molecule has 0 bridgehead atoms. The maximum atomic E-state index is 12.1. The highest BCUT2D eigenvalue weighted by Gasteiger charge is 2.41. The first kappa shape index (κ1) is 14.4. The van der Waals surface area contributed by atoms with E-state index in [4.69, 9.17) is 4.74 Å². The Morgan fingerprint density at radius 2 is 1.68 bits per heavy atom. The van der Waals surface area contributed by atoms with Crippen LogP contribution in [0.1, 0.15) is 25.0 Å². The van der Waals surface area contributed by atoms with Crippen molar-refractivity contribution in [3.63, 3.8) is 0 Å². The highest BCUT2D eigenvalue weighted by molar-refractivity contribution is 6.20. The number of carbonyl (C=O) groups is 1. The average Bonchev–Trinajstić information content (AvgIpc) is 2.69. The van der Waals surface area contributed by atoms with Gasteiger partial charge in [0.1, 0.15) is 5.57 Å². The van der Waals surface area contributed by atoms with Crippen LogP contribution < -0.4 is 0 Å². The minimum Gasteiger partial charge on any atom is -0.507 e. The molecule has 0 radical (unpaired) electrons. The van der Waals surface area contributed by atoms with E-state index in [2.05, 4.69) is 0 Å². The Kier molecular flexibility index (Phi) is 3.28. The molecule has 3 rings (SSSR count). The highest BCUT2D eigenvalue weighted by atomic mass is 16.6. The van der Waals surface area contributed by atoms with Crippen molar-refractivity contribution < 1.29 is 14.6 Å². The van der Waals surface area contributed by atoms with Gasteiger partial charge in [0.2, 0.25) is 0 Å². The van der Waals surface area contributed by atoms with Crippen molar-refractivity contribution in [3.05, 3.63) is 65.4 Å². The fraction of sp³-hybridized carbons (Fsp3) is 0.211. The van der Waals surface area contributed by atoms with Crippen molar-refractivity contribution in [2.24, 2.45) is 0 Å². The Labute approximate surface area is 129 Å². The van der Waals surface area contributed by atoms with Crippen molar-refractivity contribution in [1.82, 2.24) is 0 Å². The zero-order valence-corrected chi connectivity index (χ0v) is 12.9. The van der Waals surface area contributed by atoms with Crippen molar-refractivity contribution in [1.29, 1.82) is 0 Å². The molecule has 2 aromatic rings. The molecule has 0 unspecified atom stereocenters. The van der Waals surface area contributed by atoms with E-state index in [1.54, 1.807) is 13.8 Å². The van der Waals surface area contributed by atoms with Gasteiger partial charge in [0.15, 0.2) is 11.4 Å². The largest absolute Gasteiger partial charge is 0.507 e. The molecule has 1 aliphatic heterocycles. The predicted molar refractivity (Wildman–Crippen MR) is 86.3 cm³/mol. The van der Waals surface area contributed by atoms with Gasteiger partial charge in [-0.2, -0.15) is 0 Å². The number of rotatable bonds is 2. The predicted octanol–water partition coefficient (Wildman–Crippen LogP) is 4.27. The number of carbonyl (C=O) groups excluding carboxylic acids is 1. The molecule has 0 amide bonds. The summed E-state index contributed by atoms with van der Waals surface area (Å²) in [6.45, 7) is 5.29. The van der Waals surface area contributed by atoms with Crippen molar-refractivity contribution >= 4 is 11.5 Å². The Hall–Kier alpha value is -2.55. The molecule has 0 atom stereocenters. The second-order valence-electron chi connectivity index (χ2n) is 6.02. The molecule has 1 N–H and O–H groups in total. The van der Waals surface area contributed by atoms with Crippen LogP contribution in [0.2, 0.25) is 0 Å². The third-order valence-electron chi connectivity index (χ3n) is 3.96. The number of benzene rings is 2. The van der Waals surface area contributed by atoms with Gasteiger partial charge in [-0.1, -0.05) is 48.5 Å². The van der Waals surface area contributed by atoms with E-state index in [-0.39, 0.29) is 11.3 Å². The second kappa shape index (κ2) is 5.02. The molecule has 0 fully saturated rings. The van der Waals surface area contributed by atoms with Crippen LogP contribution in [0.15, 0.2) is 54.3 Å². The molecule has 0 aromatic heterocycles. The van der Waals surface area contributed by atoms with Crippen molar-refractivity contribution in [2.45, 2.75) is 26.4 Å². The molecule has 1 aliphatic rings. The molecule has 3 nitrogen and oxygen atoms in total. The Balaban J connectivity index is 2.08. The number of cyclic esters (lactones) is 1. The van der Waals surface area contributed by atoms with E-state index in [0.29, 0.717) is 5.56 Å². The maximum absolute atomic E-state index is 12.1. The number of aryl methyl sites for hydroxylation is 1. The third-order valence-corrected chi connectivity index (χ3v) is 3.96. The summed E-state index contributed by atoms with van der Waals surface area (Å²) < 4.78 is 5.23. The van der Waals surface area contributed by atoms with Crippen LogP contribution in [0.25, 0.3) is 16.7 Å². The molecule has 1 heterocycles. The fourth-order valence-electron chi connectivity index (χ4n) is 2.72.